The lowest BCUT2D eigenvalue weighted by Crippen LogP contribution is -2.37. The summed E-state index contributed by atoms with van der Waals surface area (Å²) in [5.41, 5.74) is 1.36. The van der Waals surface area contributed by atoms with Gasteiger partial charge in [-0.1, -0.05) is 61.1 Å². The Balaban J connectivity index is 1.42. The largest absolute Gasteiger partial charge is 0.457 e. The van der Waals surface area contributed by atoms with Gasteiger partial charge in [0.25, 0.3) is 0 Å². The highest BCUT2D eigenvalue weighted by Crippen LogP contribution is 2.33. The van der Waals surface area contributed by atoms with Crippen molar-refractivity contribution in [2.45, 2.75) is 122 Å². The van der Waals surface area contributed by atoms with Crippen LogP contribution in [0.2, 0.25) is 0 Å². The van der Waals surface area contributed by atoms with E-state index in [0.29, 0.717) is 12.0 Å². The molecule has 0 amide bonds. The van der Waals surface area contributed by atoms with E-state index in [9.17, 15) is 4.79 Å². The lowest BCUT2D eigenvalue weighted by Gasteiger charge is -2.37. The summed E-state index contributed by atoms with van der Waals surface area (Å²) in [7, 11) is 0. The second kappa shape index (κ2) is 15.3. The zero-order valence-corrected chi connectivity index (χ0v) is 23.8. The van der Waals surface area contributed by atoms with Crippen molar-refractivity contribution in [1.82, 2.24) is 20.6 Å². The van der Waals surface area contributed by atoms with Gasteiger partial charge in [-0.2, -0.15) is 5.21 Å². The maximum atomic E-state index is 13.1. The van der Waals surface area contributed by atoms with Crippen LogP contribution in [0.5, 0.6) is 0 Å². The molecule has 1 aromatic rings. The molecule has 8 heteroatoms. The Kier molecular flexibility index (Phi) is 11.5. The van der Waals surface area contributed by atoms with E-state index in [1.165, 1.54) is 12.0 Å². The molecule has 2 fully saturated rings. The average molecular weight is 539 g/mol. The van der Waals surface area contributed by atoms with Crippen LogP contribution in [0.4, 0.5) is 0 Å². The molecule has 0 spiro atoms. The van der Waals surface area contributed by atoms with Gasteiger partial charge in [-0.05, 0) is 70.3 Å². The number of nitrogens with one attached hydrogen (secondary N) is 1. The summed E-state index contributed by atoms with van der Waals surface area (Å²) < 4.78 is 19.0. The summed E-state index contributed by atoms with van der Waals surface area (Å²) in [5, 5.41) is 14.0. The van der Waals surface area contributed by atoms with Gasteiger partial charge in [0.05, 0.1) is 30.8 Å². The Morgan fingerprint density at radius 3 is 2.59 bits per heavy atom. The van der Waals surface area contributed by atoms with Crippen molar-refractivity contribution in [1.29, 1.82) is 0 Å². The first-order valence-corrected chi connectivity index (χ1v) is 14.9. The van der Waals surface area contributed by atoms with E-state index in [1.807, 2.05) is 18.2 Å². The maximum absolute atomic E-state index is 13.1. The topological polar surface area (TPSA) is 99.2 Å². The Morgan fingerprint density at radius 2 is 1.79 bits per heavy atom. The molecule has 1 aromatic heterocycles. The molecule has 0 aromatic carbocycles. The molecule has 4 bridgehead atoms. The van der Waals surface area contributed by atoms with Gasteiger partial charge in [-0.3, -0.25) is 4.79 Å². The molecule has 2 saturated heterocycles. The summed E-state index contributed by atoms with van der Waals surface area (Å²) in [6.45, 7) is 6.45. The Bertz CT molecular complexity index is 1000. The Hall–Kier alpha value is -2.58. The standard InChI is InChI=1S/C31H46N4O4/c1-4-24-18-27-20-26-12-10-11-25(37-26)17-22(2)15-16-23(3)29(39-31(36)21-28(19-24)38-27)13-8-6-5-7-9-14-30-32-34-35-33-30/h4-6,8,13,15-16,22-23,25-29H,7,9-12,14,17-21H2,1-3H3,(H,32,33,34,35)/b6-5-,13-8+,16-15+,24-4-. The number of carbonyl (C=O) groups is 1. The second-order valence-corrected chi connectivity index (χ2v) is 11.4. The van der Waals surface area contributed by atoms with E-state index in [1.54, 1.807) is 0 Å². The average Bonchev–Trinajstić information content (AvgIpc) is 3.43. The molecule has 3 aliphatic rings. The molecule has 3 aliphatic heterocycles. The number of esters is 1. The van der Waals surface area contributed by atoms with E-state index < -0.39 is 0 Å². The van der Waals surface area contributed by atoms with Gasteiger partial charge >= 0.3 is 5.97 Å². The summed E-state index contributed by atoms with van der Waals surface area (Å²) in [6, 6.07) is 0. The number of rotatable bonds is 6. The number of tetrazole rings is 1. The van der Waals surface area contributed by atoms with Gasteiger partial charge in [-0.25, -0.2) is 0 Å². The number of hydrogen-bond acceptors (Lipinski definition) is 7. The van der Waals surface area contributed by atoms with Crippen molar-refractivity contribution < 1.29 is 19.0 Å². The lowest BCUT2D eigenvalue weighted by atomic mass is 9.90. The van der Waals surface area contributed by atoms with Gasteiger partial charge < -0.3 is 14.2 Å². The molecule has 39 heavy (non-hydrogen) atoms. The fourth-order valence-corrected chi connectivity index (χ4v) is 5.84. The van der Waals surface area contributed by atoms with Crippen molar-refractivity contribution in [2.75, 3.05) is 0 Å². The van der Waals surface area contributed by atoms with Crippen molar-refractivity contribution in [3.05, 3.63) is 53.9 Å². The maximum Gasteiger partial charge on any atom is 0.309 e. The quantitative estimate of drug-likeness (QED) is 0.205. The van der Waals surface area contributed by atoms with Crippen LogP contribution in [-0.2, 0) is 25.4 Å². The van der Waals surface area contributed by atoms with Crippen LogP contribution in [0, 0.1) is 11.8 Å². The number of nitrogens with zero attached hydrogens (tertiary/aromatic N) is 3. The molecule has 8 nitrogen and oxygen atoms in total. The van der Waals surface area contributed by atoms with E-state index in [-0.39, 0.29) is 42.7 Å². The SMILES string of the molecule is C/C=C1\CC2CC(=O)OC(/C=C/C=C\CCCc3nn[nH]n3)C(C)/C=C/C(C)CC3CCCC(CC(C1)O2)O3. The number of aryl methyl sites for hydroxylation is 1. The van der Waals surface area contributed by atoms with Crippen LogP contribution >= 0.6 is 0 Å². The minimum Gasteiger partial charge on any atom is -0.457 e. The summed E-state index contributed by atoms with van der Waals surface area (Å²) >= 11 is 0. The first-order chi connectivity index (χ1) is 19.0. The summed E-state index contributed by atoms with van der Waals surface area (Å²) in [4.78, 5) is 13.1. The van der Waals surface area contributed by atoms with Crippen LogP contribution in [0.3, 0.4) is 0 Å². The summed E-state index contributed by atoms with van der Waals surface area (Å²) in [6.07, 6.45) is 24.9. The van der Waals surface area contributed by atoms with Gasteiger partial charge in [0.15, 0.2) is 5.82 Å². The molecule has 1 N–H and O–H groups in total. The Morgan fingerprint density at radius 1 is 1.00 bits per heavy atom. The van der Waals surface area contributed by atoms with Crippen LogP contribution in [0.25, 0.3) is 0 Å². The van der Waals surface area contributed by atoms with E-state index >= 15 is 0 Å². The fraction of sp³-hybridized carbons (Fsp3) is 0.677. The predicted octanol–water partition coefficient (Wildman–Crippen LogP) is 5.99. The number of cyclic esters (lactones) is 1. The van der Waals surface area contributed by atoms with Gasteiger partial charge in [0, 0.05) is 18.8 Å². The molecular weight excluding hydrogens is 492 g/mol. The highest BCUT2D eigenvalue weighted by Gasteiger charge is 2.32. The molecule has 0 saturated carbocycles. The van der Waals surface area contributed by atoms with Crippen LogP contribution in [-0.4, -0.2) is 57.1 Å². The minimum absolute atomic E-state index is 0.0540. The first-order valence-electron chi connectivity index (χ1n) is 14.9. The molecular formula is C31H46N4O4. The van der Waals surface area contributed by atoms with Crippen LogP contribution in [0.1, 0.15) is 90.8 Å². The third-order valence-corrected chi connectivity index (χ3v) is 8.00. The molecule has 7 unspecified atom stereocenters. The highest BCUT2D eigenvalue weighted by molar-refractivity contribution is 5.70. The van der Waals surface area contributed by atoms with Gasteiger partial charge in [0.1, 0.15) is 6.10 Å². The van der Waals surface area contributed by atoms with Crippen molar-refractivity contribution in [2.24, 2.45) is 11.8 Å². The number of fused-ring (bicyclic) bond motifs is 4. The van der Waals surface area contributed by atoms with Crippen molar-refractivity contribution in [3.63, 3.8) is 0 Å². The number of unbranched alkanes of at least 4 members (excludes halogenated alkanes) is 1. The monoisotopic (exact) mass is 538 g/mol. The number of H-pyrrole nitrogens is 1. The van der Waals surface area contributed by atoms with Crippen LogP contribution in [0.15, 0.2) is 48.1 Å². The third-order valence-electron chi connectivity index (χ3n) is 8.00. The van der Waals surface area contributed by atoms with E-state index in [2.05, 4.69) is 65.7 Å². The Labute approximate surface area is 233 Å². The molecule has 4 heterocycles. The van der Waals surface area contributed by atoms with Gasteiger partial charge in [-0.15, -0.1) is 10.2 Å². The predicted molar refractivity (Wildman–Crippen MR) is 151 cm³/mol. The van der Waals surface area contributed by atoms with E-state index in [4.69, 9.17) is 14.2 Å². The van der Waals surface area contributed by atoms with Crippen molar-refractivity contribution in [3.8, 4) is 0 Å². The lowest BCUT2D eigenvalue weighted by molar-refractivity contribution is -0.154. The molecule has 0 aliphatic carbocycles. The number of allylic oxidation sites excluding steroid dienone is 5. The number of hydrogen-bond donors (Lipinski definition) is 1. The molecule has 0 radical (unpaired) electrons. The van der Waals surface area contributed by atoms with Gasteiger partial charge in [0.2, 0.25) is 0 Å². The van der Waals surface area contributed by atoms with Crippen molar-refractivity contribution >= 4 is 5.97 Å². The number of aromatic nitrogens is 4. The zero-order chi connectivity index (χ0) is 27.5. The smallest absolute Gasteiger partial charge is 0.309 e. The summed E-state index contributed by atoms with van der Waals surface area (Å²) in [5.74, 6) is 0.979. The molecule has 214 valence electrons. The number of ether oxygens (including phenoxy) is 3. The molecule has 7 atom stereocenters. The number of aromatic amines is 1. The number of carbonyl (C=O) groups excluding carboxylic acids is 1. The fourth-order valence-electron chi connectivity index (χ4n) is 5.84. The first kappa shape index (κ1) is 29.4. The minimum atomic E-state index is -0.339. The zero-order valence-electron chi connectivity index (χ0n) is 23.8. The second-order valence-electron chi connectivity index (χ2n) is 11.4. The third kappa shape index (κ3) is 9.84. The molecule has 4 rings (SSSR count). The highest BCUT2D eigenvalue weighted by atomic mass is 16.5. The van der Waals surface area contributed by atoms with Crippen LogP contribution < -0.4 is 0 Å². The van der Waals surface area contributed by atoms with E-state index in [0.717, 1.165) is 63.6 Å². The normalized spacial score (nSPS) is 34.9.